The molecule has 0 aliphatic heterocycles. The minimum absolute atomic E-state index is 0.115. The van der Waals surface area contributed by atoms with E-state index in [0.29, 0.717) is 17.5 Å². The molecule has 1 aromatic rings. The number of aliphatic hydroxyl groups excluding tert-OH is 1. The van der Waals surface area contributed by atoms with Gasteiger partial charge in [0.1, 0.15) is 16.8 Å². The standard InChI is InChI=1S/C12H20ClN3O/c1-4-5-6-16(7-8-17)12-9(2)11(13)14-10(3)15-12/h17H,4-8H2,1-3H3. The molecule has 0 amide bonds. The highest BCUT2D eigenvalue weighted by Crippen LogP contribution is 2.23. The second-order valence-corrected chi connectivity index (χ2v) is 4.43. The van der Waals surface area contributed by atoms with Gasteiger partial charge in [0.2, 0.25) is 0 Å². The van der Waals surface area contributed by atoms with E-state index in [-0.39, 0.29) is 6.61 Å². The predicted octanol–water partition coefficient (Wildman–Crippen LogP) is 2.35. The molecule has 0 aliphatic rings. The number of hydrogen-bond acceptors (Lipinski definition) is 4. The Bertz CT molecular complexity index is 371. The molecule has 0 atom stereocenters. The quantitative estimate of drug-likeness (QED) is 0.795. The molecule has 1 aromatic heterocycles. The van der Waals surface area contributed by atoms with Gasteiger partial charge >= 0.3 is 0 Å². The molecule has 0 fully saturated rings. The summed E-state index contributed by atoms with van der Waals surface area (Å²) in [6, 6.07) is 0. The number of anilines is 1. The Hall–Kier alpha value is -0.870. The summed E-state index contributed by atoms with van der Waals surface area (Å²) in [5, 5.41) is 9.60. The van der Waals surface area contributed by atoms with E-state index in [1.54, 1.807) is 0 Å². The Morgan fingerprint density at radius 3 is 2.53 bits per heavy atom. The van der Waals surface area contributed by atoms with Gasteiger partial charge in [0, 0.05) is 18.7 Å². The molecule has 0 spiro atoms. The van der Waals surface area contributed by atoms with E-state index in [1.165, 1.54) is 0 Å². The van der Waals surface area contributed by atoms with Crippen molar-refractivity contribution in [3.63, 3.8) is 0 Å². The zero-order chi connectivity index (χ0) is 12.8. The Kier molecular flexibility index (Phi) is 5.65. The van der Waals surface area contributed by atoms with Crippen molar-refractivity contribution >= 4 is 17.4 Å². The van der Waals surface area contributed by atoms with Crippen LogP contribution >= 0.6 is 11.6 Å². The van der Waals surface area contributed by atoms with Crippen molar-refractivity contribution in [2.75, 3.05) is 24.6 Å². The van der Waals surface area contributed by atoms with Crippen LogP contribution in [0, 0.1) is 13.8 Å². The maximum atomic E-state index is 9.11. The third-order valence-electron chi connectivity index (χ3n) is 2.62. The summed E-state index contributed by atoms with van der Waals surface area (Å²) in [6.07, 6.45) is 2.18. The van der Waals surface area contributed by atoms with Crippen molar-refractivity contribution in [2.45, 2.75) is 33.6 Å². The van der Waals surface area contributed by atoms with Crippen molar-refractivity contribution in [1.29, 1.82) is 0 Å². The minimum atomic E-state index is 0.115. The van der Waals surface area contributed by atoms with Crippen LogP contribution in [0.2, 0.25) is 5.15 Å². The summed E-state index contributed by atoms with van der Waals surface area (Å²) in [5.74, 6) is 1.50. The van der Waals surface area contributed by atoms with E-state index in [1.807, 2.05) is 13.8 Å². The molecule has 96 valence electrons. The molecule has 0 aromatic carbocycles. The average Bonchev–Trinajstić information content (AvgIpc) is 2.29. The van der Waals surface area contributed by atoms with Gasteiger partial charge in [-0.3, -0.25) is 0 Å². The molecule has 0 saturated carbocycles. The number of halogens is 1. The molecule has 5 heteroatoms. The summed E-state index contributed by atoms with van der Waals surface area (Å²) >= 11 is 6.06. The third-order valence-corrected chi connectivity index (χ3v) is 2.99. The number of aliphatic hydroxyl groups is 1. The monoisotopic (exact) mass is 257 g/mol. The van der Waals surface area contributed by atoms with E-state index in [0.717, 1.165) is 30.8 Å². The largest absolute Gasteiger partial charge is 0.395 e. The lowest BCUT2D eigenvalue weighted by molar-refractivity contribution is 0.301. The summed E-state index contributed by atoms with van der Waals surface area (Å²) in [5.41, 5.74) is 0.877. The average molecular weight is 258 g/mol. The van der Waals surface area contributed by atoms with Crippen LogP contribution in [-0.2, 0) is 0 Å². The molecule has 0 radical (unpaired) electrons. The first-order chi connectivity index (χ1) is 8.10. The molecular weight excluding hydrogens is 238 g/mol. The van der Waals surface area contributed by atoms with Gasteiger partial charge in [0.15, 0.2) is 0 Å². The SMILES string of the molecule is CCCCN(CCO)c1nc(C)nc(Cl)c1C. The molecule has 0 bridgehead atoms. The first-order valence-corrected chi connectivity index (χ1v) is 6.34. The van der Waals surface area contributed by atoms with E-state index < -0.39 is 0 Å². The Balaban J connectivity index is 2.99. The van der Waals surface area contributed by atoms with E-state index in [2.05, 4.69) is 21.8 Å². The second-order valence-electron chi connectivity index (χ2n) is 4.07. The van der Waals surface area contributed by atoms with Crippen LogP contribution in [0.4, 0.5) is 5.82 Å². The maximum Gasteiger partial charge on any atom is 0.137 e. The molecular formula is C12H20ClN3O. The van der Waals surface area contributed by atoms with Gasteiger partial charge in [-0.05, 0) is 20.3 Å². The predicted molar refractivity (Wildman–Crippen MR) is 70.7 cm³/mol. The number of hydrogen-bond donors (Lipinski definition) is 1. The van der Waals surface area contributed by atoms with Crippen LogP contribution in [0.5, 0.6) is 0 Å². The smallest absolute Gasteiger partial charge is 0.137 e. The lowest BCUT2D eigenvalue weighted by Gasteiger charge is -2.24. The number of aryl methyl sites for hydroxylation is 1. The fourth-order valence-electron chi connectivity index (χ4n) is 1.68. The zero-order valence-corrected chi connectivity index (χ0v) is 11.5. The Morgan fingerprint density at radius 1 is 1.24 bits per heavy atom. The van der Waals surface area contributed by atoms with Crippen LogP contribution in [0.25, 0.3) is 0 Å². The first kappa shape index (κ1) is 14.2. The highest BCUT2D eigenvalue weighted by molar-refractivity contribution is 6.30. The number of rotatable bonds is 6. The van der Waals surface area contributed by atoms with Crippen molar-refractivity contribution in [2.24, 2.45) is 0 Å². The van der Waals surface area contributed by atoms with E-state index in [9.17, 15) is 0 Å². The fraction of sp³-hybridized carbons (Fsp3) is 0.667. The lowest BCUT2D eigenvalue weighted by atomic mass is 10.2. The molecule has 1 rings (SSSR count). The highest BCUT2D eigenvalue weighted by Gasteiger charge is 2.13. The summed E-state index contributed by atoms with van der Waals surface area (Å²) in [4.78, 5) is 10.6. The van der Waals surface area contributed by atoms with Crippen LogP contribution in [0.15, 0.2) is 0 Å². The molecule has 0 unspecified atom stereocenters. The Morgan fingerprint density at radius 2 is 1.94 bits per heavy atom. The highest BCUT2D eigenvalue weighted by atomic mass is 35.5. The van der Waals surface area contributed by atoms with E-state index in [4.69, 9.17) is 16.7 Å². The summed E-state index contributed by atoms with van der Waals surface area (Å²) < 4.78 is 0. The first-order valence-electron chi connectivity index (χ1n) is 5.96. The fourth-order valence-corrected chi connectivity index (χ4v) is 1.89. The van der Waals surface area contributed by atoms with Crippen molar-refractivity contribution in [3.05, 3.63) is 16.5 Å². The van der Waals surface area contributed by atoms with Gasteiger partial charge in [0.05, 0.1) is 6.61 Å². The van der Waals surface area contributed by atoms with Gasteiger partial charge in [-0.2, -0.15) is 0 Å². The lowest BCUT2D eigenvalue weighted by Crippen LogP contribution is -2.29. The number of aromatic nitrogens is 2. The molecule has 1 heterocycles. The third kappa shape index (κ3) is 3.82. The molecule has 4 nitrogen and oxygen atoms in total. The molecule has 0 saturated heterocycles. The molecule has 1 N–H and O–H groups in total. The van der Waals surface area contributed by atoms with Gasteiger partial charge in [-0.15, -0.1) is 0 Å². The number of unbranched alkanes of at least 4 members (excludes halogenated alkanes) is 1. The zero-order valence-electron chi connectivity index (χ0n) is 10.7. The Labute approximate surface area is 108 Å². The van der Waals surface area contributed by atoms with E-state index >= 15 is 0 Å². The van der Waals surface area contributed by atoms with Gasteiger partial charge < -0.3 is 10.0 Å². The van der Waals surface area contributed by atoms with Crippen molar-refractivity contribution in [3.8, 4) is 0 Å². The second kappa shape index (κ2) is 6.77. The van der Waals surface area contributed by atoms with Gasteiger partial charge in [0.25, 0.3) is 0 Å². The molecule has 0 aliphatic carbocycles. The van der Waals surface area contributed by atoms with Crippen LogP contribution in [-0.4, -0.2) is 34.8 Å². The summed E-state index contributed by atoms with van der Waals surface area (Å²) in [6.45, 7) is 7.45. The minimum Gasteiger partial charge on any atom is -0.395 e. The summed E-state index contributed by atoms with van der Waals surface area (Å²) in [7, 11) is 0. The van der Waals surface area contributed by atoms with Crippen LogP contribution < -0.4 is 4.90 Å². The van der Waals surface area contributed by atoms with Gasteiger partial charge in [-0.25, -0.2) is 9.97 Å². The van der Waals surface area contributed by atoms with Gasteiger partial charge in [-0.1, -0.05) is 24.9 Å². The van der Waals surface area contributed by atoms with Crippen molar-refractivity contribution in [1.82, 2.24) is 9.97 Å². The van der Waals surface area contributed by atoms with Crippen LogP contribution in [0.3, 0.4) is 0 Å². The van der Waals surface area contributed by atoms with Crippen LogP contribution in [0.1, 0.15) is 31.2 Å². The molecule has 17 heavy (non-hydrogen) atoms. The number of nitrogens with zero attached hydrogens (tertiary/aromatic N) is 3. The normalized spacial score (nSPS) is 10.6. The maximum absolute atomic E-state index is 9.11. The topological polar surface area (TPSA) is 49.2 Å². The van der Waals surface area contributed by atoms with Crippen molar-refractivity contribution < 1.29 is 5.11 Å².